The molecular weight excluding hydrogens is 226 g/mol. The Balaban J connectivity index is 0. The Hall–Kier alpha value is -1.04. The maximum absolute atomic E-state index is 11.9. The lowest BCUT2D eigenvalue weighted by Gasteiger charge is -2.32. The van der Waals surface area contributed by atoms with E-state index in [0.717, 1.165) is 12.8 Å². The predicted molar refractivity (Wildman–Crippen MR) is 75.0 cm³/mol. The molecule has 0 aromatic carbocycles. The molecule has 0 aromatic rings. The van der Waals surface area contributed by atoms with E-state index in [-0.39, 0.29) is 24.4 Å². The summed E-state index contributed by atoms with van der Waals surface area (Å²) in [7, 11) is 0. The van der Waals surface area contributed by atoms with E-state index >= 15 is 0 Å². The smallest absolute Gasteiger partial charge is 0.311 e. The molecule has 0 heterocycles. The second-order valence-electron chi connectivity index (χ2n) is 5.70. The van der Waals surface area contributed by atoms with E-state index in [1.54, 1.807) is 0 Å². The topological polar surface area (TPSA) is 50.1 Å². The number of carbonyl (C=O) groups excluding carboxylic acids is 1. The van der Waals surface area contributed by atoms with Crippen molar-refractivity contribution < 1.29 is 9.53 Å². The van der Waals surface area contributed by atoms with Crippen molar-refractivity contribution in [2.45, 2.75) is 67.7 Å². The van der Waals surface area contributed by atoms with Crippen LogP contribution in [0.5, 0.6) is 0 Å². The fourth-order valence-corrected chi connectivity index (χ4v) is 1.88. The number of hydrogen-bond acceptors (Lipinski definition) is 3. The number of carbonyl (C=O) groups is 1. The molecule has 18 heavy (non-hydrogen) atoms. The molecule has 0 rings (SSSR count). The Bertz CT molecular complexity index is 273. The highest BCUT2D eigenvalue weighted by atomic mass is 16.5. The van der Waals surface area contributed by atoms with Crippen LogP contribution in [0.2, 0.25) is 0 Å². The van der Waals surface area contributed by atoms with Crippen molar-refractivity contribution in [3.05, 3.63) is 0 Å². The van der Waals surface area contributed by atoms with Crippen molar-refractivity contribution >= 4 is 5.97 Å². The van der Waals surface area contributed by atoms with Crippen molar-refractivity contribution in [2.24, 2.45) is 10.8 Å². The minimum absolute atomic E-state index is 0.0962. The Morgan fingerprint density at radius 1 is 1.22 bits per heavy atom. The summed E-state index contributed by atoms with van der Waals surface area (Å²) < 4.78 is 5.12. The third kappa shape index (κ3) is 8.11. The number of nitrogens with zero attached hydrogens (tertiary/aromatic N) is 1. The molecule has 0 bridgehead atoms. The molecule has 1 atom stereocenters. The molecule has 1 unspecified atom stereocenters. The molecule has 3 nitrogen and oxygen atoms in total. The molecule has 0 saturated carbocycles. The SMILES string of the molecule is CC.CCC(C)(CC(C)(C)C)C(=O)OCCC#N. The standard InChI is InChI=1S/C13H23NO2.C2H6/c1-6-13(5,10-12(2,3)4)11(15)16-9-7-8-14;1-2/h6-7,9-10H2,1-5H3;1-2H3. The molecule has 106 valence electrons. The van der Waals surface area contributed by atoms with E-state index in [0.29, 0.717) is 0 Å². The van der Waals surface area contributed by atoms with Gasteiger partial charge in [-0.3, -0.25) is 4.79 Å². The highest BCUT2D eigenvalue weighted by Gasteiger charge is 2.36. The van der Waals surface area contributed by atoms with Crippen molar-refractivity contribution in [3.8, 4) is 6.07 Å². The van der Waals surface area contributed by atoms with Gasteiger partial charge in [0.2, 0.25) is 0 Å². The molecular formula is C15H29NO2. The molecule has 0 aliphatic carbocycles. The van der Waals surface area contributed by atoms with Gasteiger partial charge in [0.15, 0.2) is 0 Å². The molecule has 0 aliphatic rings. The lowest BCUT2D eigenvalue weighted by molar-refractivity contribution is -0.156. The molecule has 0 aliphatic heterocycles. The van der Waals surface area contributed by atoms with Gasteiger partial charge in [0.25, 0.3) is 0 Å². The van der Waals surface area contributed by atoms with Gasteiger partial charge in [-0.1, -0.05) is 41.5 Å². The van der Waals surface area contributed by atoms with Gasteiger partial charge in [-0.05, 0) is 25.2 Å². The highest BCUT2D eigenvalue weighted by Crippen LogP contribution is 2.37. The van der Waals surface area contributed by atoms with Crippen LogP contribution in [0.3, 0.4) is 0 Å². The van der Waals surface area contributed by atoms with Gasteiger partial charge in [-0.2, -0.15) is 5.26 Å². The zero-order chi connectivity index (χ0) is 14.8. The van der Waals surface area contributed by atoms with Crippen LogP contribution >= 0.6 is 0 Å². The molecule has 0 fully saturated rings. The van der Waals surface area contributed by atoms with Crippen LogP contribution in [-0.4, -0.2) is 12.6 Å². The van der Waals surface area contributed by atoms with E-state index in [1.807, 2.05) is 33.8 Å². The molecule has 0 N–H and O–H groups in total. The van der Waals surface area contributed by atoms with Crippen LogP contribution < -0.4 is 0 Å². The van der Waals surface area contributed by atoms with Gasteiger partial charge in [0.05, 0.1) is 17.9 Å². The Morgan fingerprint density at radius 2 is 1.72 bits per heavy atom. The van der Waals surface area contributed by atoms with E-state index in [4.69, 9.17) is 10.00 Å². The molecule has 0 spiro atoms. The average Bonchev–Trinajstić information content (AvgIpc) is 2.29. The first kappa shape index (κ1) is 19.3. The molecule has 0 radical (unpaired) electrons. The summed E-state index contributed by atoms with van der Waals surface area (Å²) in [6.07, 6.45) is 1.82. The van der Waals surface area contributed by atoms with Crippen LogP contribution in [0, 0.1) is 22.2 Å². The van der Waals surface area contributed by atoms with Crippen molar-refractivity contribution in [1.29, 1.82) is 5.26 Å². The van der Waals surface area contributed by atoms with Crippen LogP contribution in [0.4, 0.5) is 0 Å². The van der Waals surface area contributed by atoms with Gasteiger partial charge in [-0.25, -0.2) is 0 Å². The zero-order valence-corrected chi connectivity index (χ0v) is 13.1. The fraction of sp³-hybridized carbons (Fsp3) is 0.867. The normalized spacial score (nSPS) is 13.7. The number of nitriles is 1. The van der Waals surface area contributed by atoms with E-state index in [2.05, 4.69) is 20.8 Å². The van der Waals surface area contributed by atoms with Crippen molar-refractivity contribution in [3.63, 3.8) is 0 Å². The van der Waals surface area contributed by atoms with Crippen LogP contribution in [-0.2, 0) is 9.53 Å². The van der Waals surface area contributed by atoms with Gasteiger partial charge < -0.3 is 4.74 Å². The predicted octanol–water partition coefficient (Wildman–Crippen LogP) is 4.32. The Labute approximate surface area is 113 Å². The van der Waals surface area contributed by atoms with Crippen molar-refractivity contribution in [1.82, 2.24) is 0 Å². The summed E-state index contributed by atoms with van der Waals surface area (Å²) in [4.78, 5) is 11.9. The second-order valence-corrected chi connectivity index (χ2v) is 5.70. The molecule has 0 amide bonds. The minimum atomic E-state index is -0.437. The molecule has 0 saturated heterocycles. The third-order valence-electron chi connectivity index (χ3n) is 2.64. The van der Waals surface area contributed by atoms with Crippen LogP contribution in [0.15, 0.2) is 0 Å². The first-order valence-corrected chi connectivity index (χ1v) is 6.79. The van der Waals surface area contributed by atoms with E-state index in [1.165, 1.54) is 0 Å². The maximum atomic E-state index is 11.9. The summed E-state index contributed by atoms with van der Waals surface area (Å²) in [5.41, 5.74) is -0.341. The fourth-order valence-electron chi connectivity index (χ4n) is 1.88. The zero-order valence-electron chi connectivity index (χ0n) is 13.1. The summed E-state index contributed by atoms with van der Waals surface area (Å²) in [6, 6.07) is 1.96. The summed E-state index contributed by atoms with van der Waals surface area (Å²) in [5, 5.41) is 8.38. The molecule has 0 aromatic heterocycles. The maximum Gasteiger partial charge on any atom is 0.311 e. The quantitative estimate of drug-likeness (QED) is 0.543. The van der Waals surface area contributed by atoms with Gasteiger partial charge in [0.1, 0.15) is 6.61 Å². The first-order valence-electron chi connectivity index (χ1n) is 6.79. The largest absolute Gasteiger partial charge is 0.464 e. The van der Waals surface area contributed by atoms with E-state index < -0.39 is 5.41 Å². The van der Waals surface area contributed by atoms with E-state index in [9.17, 15) is 4.79 Å². The number of rotatable bonds is 5. The Morgan fingerprint density at radius 3 is 2.06 bits per heavy atom. The average molecular weight is 255 g/mol. The van der Waals surface area contributed by atoms with Crippen LogP contribution in [0.25, 0.3) is 0 Å². The highest BCUT2D eigenvalue weighted by molar-refractivity contribution is 5.76. The van der Waals surface area contributed by atoms with Crippen LogP contribution in [0.1, 0.15) is 67.7 Å². The molecule has 3 heteroatoms. The second kappa shape index (κ2) is 8.97. The first-order chi connectivity index (χ1) is 8.25. The summed E-state index contributed by atoms with van der Waals surface area (Å²) in [5.74, 6) is -0.180. The van der Waals surface area contributed by atoms with Crippen molar-refractivity contribution in [2.75, 3.05) is 6.61 Å². The summed E-state index contributed by atoms with van der Waals surface area (Å²) in [6.45, 7) is 14.5. The minimum Gasteiger partial charge on any atom is -0.464 e. The lowest BCUT2D eigenvalue weighted by Crippen LogP contribution is -2.33. The van der Waals surface area contributed by atoms with Gasteiger partial charge in [-0.15, -0.1) is 0 Å². The monoisotopic (exact) mass is 255 g/mol. The number of hydrogen-bond donors (Lipinski definition) is 0. The summed E-state index contributed by atoms with van der Waals surface area (Å²) >= 11 is 0. The van der Waals surface area contributed by atoms with Gasteiger partial charge in [0, 0.05) is 0 Å². The number of ether oxygens (including phenoxy) is 1. The lowest BCUT2D eigenvalue weighted by atomic mass is 9.73. The number of esters is 1. The van der Waals surface area contributed by atoms with Gasteiger partial charge >= 0.3 is 5.97 Å². The third-order valence-corrected chi connectivity index (χ3v) is 2.64. The Kier molecular flexibility index (Phi) is 9.61.